The fraction of sp³-hybridized carbons (Fsp3) is 0.217. The fourth-order valence-electron chi connectivity index (χ4n) is 3.01. The van der Waals surface area contributed by atoms with Gasteiger partial charge in [0, 0.05) is 22.1 Å². The van der Waals surface area contributed by atoms with Crippen LogP contribution in [0.25, 0.3) is 0 Å². The molecule has 31 heavy (non-hydrogen) atoms. The van der Waals surface area contributed by atoms with Crippen molar-refractivity contribution in [1.82, 2.24) is 20.1 Å². The van der Waals surface area contributed by atoms with Crippen LogP contribution in [0.5, 0.6) is 0 Å². The highest BCUT2D eigenvalue weighted by Crippen LogP contribution is 2.22. The number of rotatable bonds is 9. The van der Waals surface area contributed by atoms with Crippen molar-refractivity contribution in [2.75, 3.05) is 5.75 Å². The zero-order valence-electron chi connectivity index (χ0n) is 17.3. The molecule has 1 amide bonds. The first-order valence-corrected chi connectivity index (χ1v) is 11.5. The summed E-state index contributed by atoms with van der Waals surface area (Å²) in [5.74, 6) is 0.678. The number of thioether (sulfide) groups is 1. The highest BCUT2D eigenvalue weighted by molar-refractivity contribution is 9.10. The molecule has 1 N–H and O–H groups in total. The number of nitrogens with zero attached hydrogens (tertiary/aromatic N) is 3. The lowest BCUT2D eigenvalue weighted by Gasteiger charge is -2.15. The van der Waals surface area contributed by atoms with Crippen LogP contribution in [0.1, 0.15) is 45.1 Å². The molecular weight excluding hydrogens is 476 g/mol. The number of aryl methyl sites for hydroxylation is 1. The Balaban J connectivity index is 1.71. The Hall–Kier alpha value is -2.71. The van der Waals surface area contributed by atoms with E-state index in [-0.39, 0.29) is 23.5 Å². The third kappa shape index (κ3) is 5.92. The van der Waals surface area contributed by atoms with Crippen molar-refractivity contribution in [2.45, 2.75) is 31.6 Å². The lowest BCUT2D eigenvalue weighted by Crippen LogP contribution is -2.28. The van der Waals surface area contributed by atoms with Gasteiger partial charge in [0.15, 0.2) is 16.8 Å². The number of carbonyl (C=O) groups is 2. The normalized spacial score (nSPS) is 11.7. The minimum Gasteiger partial charge on any atom is -0.342 e. The molecule has 1 heterocycles. The number of allylic oxidation sites excluding steroid dienone is 1. The van der Waals surface area contributed by atoms with E-state index in [4.69, 9.17) is 0 Å². The number of ketones is 1. The number of amides is 1. The van der Waals surface area contributed by atoms with Crippen LogP contribution in [0, 0.1) is 6.92 Å². The second-order valence-electron chi connectivity index (χ2n) is 7.02. The van der Waals surface area contributed by atoms with E-state index in [1.807, 2.05) is 48.7 Å². The Morgan fingerprint density at radius 3 is 2.61 bits per heavy atom. The molecule has 0 fully saturated rings. The maximum absolute atomic E-state index is 12.6. The first-order chi connectivity index (χ1) is 14.9. The molecule has 1 aromatic heterocycles. The van der Waals surface area contributed by atoms with E-state index in [2.05, 4.69) is 38.0 Å². The van der Waals surface area contributed by atoms with Crippen LogP contribution in [0.15, 0.2) is 70.8 Å². The van der Waals surface area contributed by atoms with Gasteiger partial charge in [-0.1, -0.05) is 63.6 Å². The summed E-state index contributed by atoms with van der Waals surface area (Å²) >= 11 is 4.69. The molecule has 0 spiro atoms. The smallest absolute Gasteiger partial charge is 0.251 e. The monoisotopic (exact) mass is 498 g/mol. The van der Waals surface area contributed by atoms with Crippen molar-refractivity contribution in [1.29, 1.82) is 0 Å². The molecule has 6 nitrogen and oxygen atoms in total. The van der Waals surface area contributed by atoms with Gasteiger partial charge < -0.3 is 9.88 Å². The average Bonchev–Trinajstić information content (AvgIpc) is 3.15. The van der Waals surface area contributed by atoms with E-state index >= 15 is 0 Å². The topological polar surface area (TPSA) is 76.9 Å². The Morgan fingerprint density at radius 2 is 1.94 bits per heavy atom. The Kier molecular flexibility index (Phi) is 7.81. The van der Waals surface area contributed by atoms with Crippen molar-refractivity contribution in [3.63, 3.8) is 0 Å². The quantitative estimate of drug-likeness (QED) is 0.255. The van der Waals surface area contributed by atoms with Gasteiger partial charge >= 0.3 is 0 Å². The Labute approximate surface area is 194 Å². The number of benzene rings is 2. The van der Waals surface area contributed by atoms with Crippen LogP contribution in [0.4, 0.5) is 0 Å². The minimum atomic E-state index is -0.364. The number of carbonyl (C=O) groups excluding carboxylic acids is 2. The second-order valence-corrected chi connectivity index (χ2v) is 8.88. The molecule has 3 rings (SSSR count). The lowest BCUT2D eigenvalue weighted by atomic mass is 10.1. The molecule has 0 aliphatic rings. The molecular formula is C23H23BrN4O2S. The molecule has 0 saturated heterocycles. The molecule has 8 heteroatoms. The van der Waals surface area contributed by atoms with E-state index in [0.717, 1.165) is 10.0 Å². The van der Waals surface area contributed by atoms with Gasteiger partial charge in [-0.3, -0.25) is 9.59 Å². The summed E-state index contributed by atoms with van der Waals surface area (Å²) in [6.07, 6.45) is 1.74. The van der Waals surface area contributed by atoms with E-state index < -0.39 is 0 Å². The number of nitrogens with one attached hydrogen (secondary N) is 1. The van der Waals surface area contributed by atoms with Crippen molar-refractivity contribution < 1.29 is 9.59 Å². The molecule has 0 aliphatic carbocycles. The predicted molar refractivity (Wildman–Crippen MR) is 126 cm³/mol. The summed E-state index contributed by atoms with van der Waals surface area (Å²) in [7, 11) is 0. The van der Waals surface area contributed by atoms with Gasteiger partial charge in [0.2, 0.25) is 0 Å². The third-order valence-corrected chi connectivity index (χ3v) is 6.07. The molecule has 0 unspecified atom stereocenters. The zero-order chi connectivity index (χ0) is 22.4. The highest BCUT2D eigenvalue weighted by atomic mass is 79.9. The maximum atomic E-state index is 12.6. The Bertz CT molecular complexity index is 1100. The van der Waals surface area contributed by atoms with Gasteiger partial charge in [-0.15, -0.1) is 16.8 Å². The molecule has 0 radical (unpaired) electrons. The van der Waals surface area contributed by atoms with Gasteiger partial charge in [-0.2, -0.15) is 0 Å². The summed E-state index contributed by atoms with van der Waals surface area (Å²) in [5, 5.41) is 12.1. The molecule has 0 aliphatic heterocycles. The Morgan fingerprint density at radius 1 is 1.19 bits per heavy atom. The van der Waals surface area contributed by atoms with Gasteiger partial charge in [-0.25, -0.2) is 0 Å². The van der Waals surface area contributed by atoms with E-state index in [0.29, 0.717) is 28.7 Å². The third-order valence-electron chi connectivity index (χ3n) is 4.57. The number of aromatic nitrogens is 3. The van der Waals surface area contributed by atoms with Crippen LogP contribution in [-0.4, -0.2) is 32.2 Å². The van der Waals surface area contributed by atoms with E-state index in [1.54, 1.807) is 24.3 Å². The van der Waals surface area contributed by atoms with Crippen molar-refractivity contribution in [2.24, 2.45) is 0 Å². The lowest BCUT2D eigenvalue weighted by molar-refractivity contribution is 0.0936. The number of hydrogen-bond donors (Lipinski definition) is 1. The van der Waals surface area contributed by atoms with Gasteiger partial charge in [0.1, 0.15) is 0 Å². The van der Waals surface area contributed by atoms with Gasteiger partial charge in [0.05, 0.1) is 11.8 Å². The molecule has 3 aromatic rings. The first kappa shape index (κ1) is 23.0. The van der Waals surface area contributed by atoms with Crippen LogP contribution in [0.3, 0.4) is 0 Å². The van der Waals surface area contributed by atoms with Crippen LogP contribution in [-0.2, 0) is 6.54 Å². The molecule has 160 valence electrons. The summed E-state index contributed by atoms with van der Waals surface area (Å²) in [6, 6.07) is 14.3. The standard InChI is InChI=1S/C23H23BrN4O2S/c1-4-12-28-21(16(3)25-22(30)18-7-5-6-15(2)13-18)26-27-23(28)31-14-20(29)17-8-10-19(24)11-9-17/h4-11,13,16H,1,12,14H2,2-3H3,(H,25,30)/t16-/m1/s1. The molecule has 0 saturated carbocycles. The van der Waals surface area contributed by atoms with Crippen LogP contribution in [0.2, 0.25) is 0 Å². The maximum Gasteiger partial charge on any atom is 0.251 e. The van der Waals surface area contributed by atoms with Gasteiger partial charge in [0.25, 0.3) is 5.91 Å². The average molecular weight is 499 g/mol. The van der Waals surface area contributed by atoms with Gasteiger partial charge in [-0.05, 0) is 38.1 Å². The highest BCUT2D eigenvalue weighted by Gasteiger charge is 2.20. The summed E-state index contributed by atoms with van der Waals surface area (Å²) < 4.78 is 2.79. The minimum absolute atomic E-state index is 0.00741. The zero-order valence-corrected chi connectivity index (χ0v) is 19.7. The van der Waals surface area contributed by atoms with E-state index in [9.17, 15) is 9.59 Å². The largest absolute Gasteiger partial charge is 0.342 e. The van der Waals surface area contributed by atoms with Crippen molar-refractivity contribution in [3.8, 4) is 0 Å². The number of Topliss-reactive ketones (excluding diaryl/α,β-unsaturated/α-hetero) is 1. The summed E-state index contributed by atoms with van der Waals surface area (Å²) in [5.41, 5.74) is 2.25. The first-order valence-electron chi connectivity index (χ1n) is 9.72. The van der Waals surface area contributed by atoms with E-state index in [1.165, 1.54) is 11.8 Å². The van der Waals surface area contributed by atoms with Crippen LogP contribution < -0.4 is 5.32 Å². The number of halogens is 1. The summed E-state index contributed by atoms with van der Waals surface area (Å²) in [6.45, 7) is 8.08. The molecule has 0 bridgehead atoms. The molecule has 2 aromatic carbocycles. The van der Waals surface area contributed by atoms with Crippen LogP contribution >= 0.6 is 27.7 Å². The second kappa shape index (κ2) is 10.5. The fourth-order valence-corrected chi connectivity index (χ4v) is 4.12. The number of hydrogen-bond acceptors (Lipinski definition) is 5. The summed E-state index contributed by atoms with van der Waals surface area (Å²) in [4.78, 5) is 25.1. The van der Waals surface area contributed by atoms with Crippen molar-refractivity contribution in [3.05, 3.63) is 88.2 Å². The molecule has 1 atom stereocenters. The predicted octanol–water partition coefficient (Wildman–Crippen LogP) is 5.00. The SMILES string of the molecule is C=CCn1c(SCC(=O)c2ccc(Br)cc2)nnc1[C@@H](C)NC(=O)c1cccc(C)c1. The van der Waals surface area contributed by atoms with Crippen molar-refractivity contribution >= 4 is 39.4 Å².